The second-order valence-corrected chi connectivity index (χ2v) is 7.56. The van der Waals surface area contributed by atoms with Crippen molar-refractivity contribution in [2.75, 3.05) is 12.1 Å². The zero-order valence-corrected chi connectivity index (χ0v) is 17.1. The number of anilines is 1. The number of carbonyl (C=O) groups excluding carboxylic acids is 1. The summed E-state index contributed by atoms with van der Waals surface area (Å²) in [4.78, 5) is 16.5. The van der Waals surface area contributed by atoms with Gasteiger partial charge in [0.15, 0.2) is 0 Å². The van der Waals surface area contributed by atoms with E-state index in [-0.39, 0.29) is 0 Å². The first kappa shape index (κ1) is 19.3. The van der Waals surface area contributed by atoms with E-state index in [4.69, 9.17) is 16.4 Å². The Morgan fingerprint density at radius 2 is 2.00 bits per heavy atom. The highest BCUT2D eigenvalue weighted by Gasteiger charge is 2.17. The molecule has 1 aromatic heterocycles. The van der Waals surface area contributed by atoms with Crippen LogP contribution in [0.4, 0.5) is 10.5 Å². The van der Waals surface area contributed by atoms with E-state index in [2.05, 4.69) is 20.9 Å². The van der Waals surface area contributed by atoms with Crippen molar-refractivity contribution >= 4 is 39.0 Å². The van der Waals surface area contributed by atoms with Gasteiger partial charge >= 0.3 is 6.03 Å². The number of thiazole rings is 1. The molecule has 4 N–H and O–H groups in total. The lowest BCUT2D eigenvalue weighted by Crippen LogP contribution is -2.48. The van der Waals surface area contributed by atoms with Crippen molar-refractivity contribution in [3.63, 3.8) is 0 Å². The maximum absolute atomic E-state index is 12.0. The molecule has 0 atom stereocenters. The van der Waals surface area contributed by atoms with Gasteiger partial charge in [-0.05, 0) is 30.7 Å². The van der Waals surface area contributed by atoms with Gasteiger partial charge in [-0.1, -0.05) is 45.5 Å². The van der Waals surface area contributed by atoms with Crippen molar-refractivity contribution in [2.24, 2.45) is 11.7 Å². The molecule has 7 nitrogen and oxygen atoms in total. The van der Waals surface area contributed by atoms with E-state index in [9.17, 15) is 4.79 Å². The van der Waals surface area contributed by atoms with Crippen LogP contribution >= 0.6 is 27.3 Å². The fourth-order valence-corrected chi connectivity index (χ4v) is 3.47. The maximum Gasteiger partial charge on any atom is 0.352 e. The third-order valence-corrected chi connectivity index (χ3v) is 4.97. The van der Waals surface area contributed by atoms with Crippen molar-refractivity contribution in [1.29, 1.82) is 0 Å². The number of rotatable bonds is 4. The number of benzene rings is 2. The number of nitrogens with two attached hydrogens (primary N) is 2. The van der Waals surface area contributed by atoms with Gasteiger partial charge in [0.1, 0.15) is 5.75 Å². The van der Waals surface area contributed by atoms with Crippen LogP contribution in [-0.4, -0.2) is 23.1 Å². The molecule has 0 spiro atoms. The zero-order chi connectivity index (χ0) is 19.6. The van der Waals surface area contributed by atoms with E-state index < -0.39 is 6.03 Å². The molecule has 1 heterocycles. The minimum absolute atomic E-state index is 0.491. The average molecular weight is 448 g/mol. The summed E-state index contributed by atoms with van der Waals surface area (Å²) in [7, 11) is 1.43. The fourth-order valence-electron chi connectivity index (χ4n) is 2.37. The minimum atomic E-state index is -0.540. The molecule has 0 bridgehead atoms. The standard InChI is InChI=1S/C18H18BrN5O2S/c1-11-6-7-14(9-16(11)24(21)18(25)23(2)20)26-17-22-15(10-27-17)12-4-3-5-13(19)8-12/h3-10H,20-21H2,1-2H3. The number of amides is 2. The molecule has 2 aromatic carbocycles. The van der Waals surface area contributed by atoms with Crippen LogP contribution in [0.1, 0.15) is 5.56 Å². The Kier molecular flexibility index (Phi) is 5.76. The Morgan fingerprint density at radius 1 is 1.22 bits per heavy atom. The van der Waals surface area contributed by atoms with Crippen molar-refractivity contribution in [3.05, 3.63) is 57.9 Å². The van der Waals surface area contributed by atoms with Crippen LogP contribution < -0.4 is 21.4 Å². The SMILES string of the molecule is Cc1ccc(Oc2nc(-c3cccc(Br)c3)cs2)cc1N(N)C(=O)N(C)N. The lowest BCUT2D eigenvalue weighted by Gasteiger charge is -2.22. The second kappa shape index (κ2) is 8.05. The van der Waals surface area contributed by atoms with Gasteiger partial charge in [0.05, 0.1) is 11.4 Å². The third kappa shape index (κ3) is 4.45. The van der Waals surface area contributed by atoms with Crippen LogP contribution in [-0.2, 0) is 0 Å². The van der Waals surface area contributed by atoms with Crippen molar-refractivity contribution in [1.82, 2.24) is 9.99 Å². The normalized spacial score (nSPS) is 10.6. The number of halogens is 1. The number of hydrogen-bond donors (Lipinski definition) is 2. The molecule has 0 unspecified atom stereocenters. The summed E-state index contributed by atoms with van der Waals surface area (Å²) in [5.41, 5.74) is 3.13. The molecule has 0 saturated heterocycles. The number of hydrogen-bond acceptors (Lipinski definition) is 6. The molecule has 0 saturated carbocycles. The molecule has 27 heavy (non-hydrogen) atoms. The summed E-state index contributed by atoms with van der Waals surface area (Å²) >= 11 is 4.84. The first-order chi connectivity index (χ1) is 12.8. The Bertz CT molecular complexity index is 976. The molecular formula is C18H18BrN5O2S. The van der Waals surface area contributed by atoms with Crippen molar-refractivity contribution in [2.45, 2.75) is 6.92 Å². The molecule has 140 valence electrons. The predicted octanol–water partition coefficient (Wildman–Crippen LogP) is 4.28. The Hall–Kier alpha value is -2.46. The van der Waals surface area contributed by atoms with Gasteiger partial charge in [-0.25, -0.2) is 26.5 Å². The summed E-state index contributed by atoms with van der Waals surface area (Å²) in [5, 5.41) is 4.31. The van der Waals surface area contributed by atoms with Gasteiger partial charge in [-0.3, -0.25) is 5.01 Å². The van der Waals surface area contributed by atoms with Gasteiger partial charge in [0.2, 0.25) is 0 Å². The quantitative estimate of drug-likeness (QED) is 0.353. The molecule has 3 aromatic rings. The number of urea groups is 1. The number of ether oxygens (including phenoxy) is 1. The van der Waals surface area contributed by atoms with E-state index in [1.54, 1.807) is 12.1 Å². The van der Waals surface area contributed by atoms with Crippen molar-refractivity contribution in [3.8, 4) is 22.2 Å². The molecule has 0 aliphatic rings. The molecule has 2 amide bonds. The molecule has 0 aliphatic carbocycles. The molecule has 0 aliphatic heterocycles. The second-order valence-electron chi connectivity index (χ2n) is 5.82. The summed E-state index contributed by atoms with van der Waals surface area (Å²) in [6.45, 7) is 1.84. The number of aryl methyl sites for hydroxylation is 1. The predicted molar refractivity (Wildman–Crippen MR) is 111 cm³/mol. The van der Waals surface area contributed by atoms with Crippen LogP contribution in [0, 0.1) is 6.92 Å². The van der Waals surface area contributed by atoms with E-state index >= 15 is 0 Å². The fraction of sp³-hybridized carbons (Fsp3) is 0.111. The van der Waals surface area contributed by atoms with Gasteiger partial charge < -0.3 is 4.74 Å². The molecule has 3 rings (SSSR count). The smallest absolute Gasteiger partial charge is 0.352 e. The molecule has 9 heteroatoms. The first-order valence-corrected chi connectivity index (χ1v) is 9.59. The molecule has 0 radical (unpaired) electrons. The highest BCUT2D eigenvalue weighted by Crippen LogP contribution is 2.33. The Labute approximate surface area is 169 Å². The minimum Gasteiger partial charge on any atom is -0.431 e. The lowest BCUT2D eigenvalue weighted by atomic mass is 10.2. The number of nitrogens with zero attached hydrogens (tertiary/aromatic N) is 3. The van der Waals surface area contributed by atoms with Gasteiger partial charge in [-0.15, -0.1) is 0 Å². The summed E-state index contributed by atoms with van der Waals surface area (Å²) in [5.74, 6) is 11.9. The highest BCUT2D eigenvalue weighted by atomic mass is 79.9. The van der Waals surface area contributed by atoms with E-state index in [1.165, 1.54) is 18.4 Å². The van der Waals surface area contributed by atoms with E-state index in [0.29, 0.717) is 16.6 Å². The van der Waals surface area contributed by atoms with Crippen LogP contribution in [0.3, 0.4) is 0 Å². The largest absolute Gasteiger partial charge is 0.431 e. The van der Waals surface area contributed by atoms with Gasteiger partial charge in [-0.2, -0.15) is 0 Å². The topological polar surface area (TPSA) is 97.7 Å². The van der Waals surface area contributed by atoms with E-state index in [0.717, 1.165) is 31.3 Å². The summed E-state index contributed by atoms with van der Waals surface area (Å²) in [6.07, 6.45) is 0. The van der Waals surface area contributed by atoms with Gasteiger partial charge in [0.25, 0.3) is 5.19 Å². The highest BCUT2D eigenvalue weighted by molar-refractivity contribution is 9.10. The Morgan fingerprint density at radius 3 is 2.70 bits per heavy atom. The van der Waals surface area contributed by atoms with Crippen LogP contribution in [0.15, 0.2) is 52.3 Å². The van der Waals surface area contributed by atoms with Gasteiger partial charge in [0, 0.05) is 28.5 Å². The molecule has 0 fully saturated rings. The monoisotopic (exact) mass is 447 g/mol. The van der Waals surface area contributed by atoms with Crippen LogP contribution in [0.25, 0.3) is 11.3 Å². The number of hydrazine groups is 2. The summed E-state index contributed by atoms with van der Waals surface area (Å²) < 4.78 is 6.84. The van der Waals surface area contributed by atoms with Crippen LogP contribution in [0.5, 0.6) is 10.9 Å². The maximum atomic E-state index is 12.0. The Balaban J connectivity index is 1.82. The molecular weight excluding hydrogens is 430 g/mol. The third-order valence-electron chi connectivity index (χ3n) is 3.76. The lowest BCUT2D eigenvalue weighted by molar-refractivity contribution is 0.216. The van der Waals surface area contributed by atoms with Crippen molar-refractivity contribution < 1.29 is 9.53 Å². The zero-order valence-electron chi connectivity index (χ0n) is 14.7. The van der Waals surface area contributed by atoms with Crippen LogP contribution in [0.2, 0.25) is 0 Å². The number of aromatic nitrogens is 1. The van der Waals surface area contributed by atoms with E-state index in [1.807, 2.05) is 42.6 Å². The number of carbonyl (C=O) groups is 1. The summed E-state index contributed by atoms with van der Waals surface area (Å²) in [6, 6.07) is 12.6. The average Bonchev–Trinajstić information content (AvgIpc) is 3.10. The first-order valence-electron chi connectivity index (χ1n) is 7.92.